The number of phenols is 2. The summed E-state index contributed by atoms with van der Waals surface area (Å²) in [5.41, 5.74) is 0. The van der Waals surface area contributed by atoms with Crippen LogP contribution in [0.1, 0.15) is 0 Å². The third-order valence-electron chi connectivity index (χ3n) is 0.931. The summed E-state index contributed by atoms with van der Waals surface area (Å²) in [4.78, 5) is 17.9. The van der Waals surface area contributed by atoms with Crippen molar-refractivity contribution in [2.75, 3.05) is 0 Å². The number of rotatable bonds is 1. The van der Waals surface area contributed by atoms with Gasteiger partial charge < -0.3 is 15.3 Å². The Bertz CT molecular complexity index is 277. The minimum absolute atomic E-state index is 0.0880. The van der Waals surface area contributed by atoms with Gasteiger partial charge in [0.1, 0.15) is 11.5 Å². The Balaban J connectivity index is 0.000000252. The van der Waals surface area contributed by atoms with Crippen LogP contribution in [0.15, 0.2) is 24.3 Å². The number of hydrogen-bond donors (Lipinski definition) is 3. The van der Waals surface area contributed by atoms with Crippen LogP contribution in [0, 0.1) is 0 Å². The molecule has 0 heterocycles. The molecule has 0 radical (unpaired) electrons. The van der Waals surface area contributed by atoms with Gasteiger partial charge in [0.15, 0.2) is 0 Å². The monoisotopic (exact) mass is 184 g/mol. The van der Waals surface area contributed by atoms with Crippen LogP contribution >= 0.6 is 0 Å². The van der Waals surface area contributed by atoms with Gasteiger partial charge in [0.05, 0.1) is 0 Å². The summed E-state index contributed by atoms with van der Waals surface area (Å²) in [5.74, 6) is -1.25. The van der Waals surface area contributed by atoms with Crippen LogP contribution in [-0.4, -0.2) is 27.6 Å². The van der Waals surface area contributed by atoms with Crippen molar-refractivity contribution in [2.45, 2.75) is 0 Å². The van der Waals surface area contributed by atoms with Crippen molar-refractivity contribution in [1.82, 2.24) is 0 Å². The van der Waals surface area contributed by atoms with Crippen molar-refractivity contribution in [3.05, 3.63) is 24.3 Å². The molecule has 0 fully saturated rings. The second kappa shape index (κ2) is 5.59. The van der Waals surface area contributed by atoms with E-state index in [1.807, 2.05) is 0 Å². The van der Waals surface area contributed by atoms with Crippen molar-refractivity contribution >= 4 is 12.3 Å². The first kappa shape index (κ1) is 11.0. The Morgan fingerprint density at radius 1 is 1.23 bits per heavy atom. The van der Waals surface area contributed by atoms with Crippen molar-refractivity contribution in [2.24, 2.45) is 0 Å². The predicted octanol–water partition coefficient (Wildman–Crippen LogP) is 0.368. The maximum absolute atomic E-state index is 9.00. The lowest BCUT2D eigenvalue weighted by Crippen LogP contribution is -1.91. The number of carbonyl (C=O) groups excluding carboxylic acids is 1. The van der Waals surface area contributed by atoms with Gasteiger partial charge in [-0.3, -0.25) is 4.79 Å². The van der Waals surface area contributed by atoms with Crippen LogP contribution in [0.2, 0.25) is 0 Å². The molecule has 0 aromatic heterocycles. The van der Waals surface area contributed by atoms with Gasteiger partial charge >= 0.3 is 5.97 Å². The molecule has 0 saturated carbocycles. The number of aromatic hydroxyl groups is 2. The molecule has 0 saturated heterocycles. The molecule has 0 aliphatic carbocycles. The molecule has 13 heavy (non-hydrogen) atoms. The normalized spacial score (nSPS) is 8.00. The van der Waals surface area contributed by atoms with E-state index in [0.717, 1.165) is 0 Å². The molecule has 0 atom stereocenters. The maximum atomic E-state index is 9.00. The minimum atomic E-state index is -1.43. The predicted molar refractivity (Wildman–Crippen MR) is 43.5 cm³/mol. The van der Waals surface area contributed by atoms with Crippen molar-refractivity contribution in [3.8, 4) is 11.5 Å². The number of benzene rings is 1. The Hall–Kier alpha value is -2.04. The number of carbonyl (C=O) groups is 2. The Labute approximate surface area is 73.9 Å². The molecule has 0 spiro atoms. The summed E-state index contributed by atoms with van der Waals surface area (Å²) >= 11 is 0. The van der Waals surface area contributed by atoms with Gasteiger partial charge in [-0.05, 0) is 12.1 Å². The van der Waals surface area contributed by atoms with Gasteiger partial charge in [-0.15, -0.1) is 0 Å². The Kier molecular flexibility index (Phi) is 4.71. The van der Waals surface area contributed by atoms with E-state index in [-0.39, 0.29) is 17.8 Å². The van der Waals surface area contributed by atoms with E-state index in [1.165, 1.54) is 18.2 Å². The van der Waals surface area contributed by atoms with Gasteiger partial charge in [-0.25, -0.2) is 4.79 Å². The summed E-state index contributed by atoms with van der Waals surface area (Å²) < 4.78 is 0. The average Bonchev–Trinajstić information content (AvgIpc) is 2.05. The van der Waals surface area contributed by atoms with Crippen LogP contribution in [0.4, 0.5) is 0 Å². The molecule has 3 N–H and O–H groups in total. The zero-order valence-corrected chi connectivity index (χ0v) is 6.54. The summed E-state index contributed by atoms with van der Waals surface area (Å²) in [7, 11) is 0. The standard InChI is InChI=1S/C6H6O2.C2H2O3/c7-5-2-1-3-6(8)4-5;3-1-2(4)5/h1-4,7-8H;1H,(H,4,5). The summed E-state index contributed by atoms with van der Waals surface area (Å²) in [6, 6.07) is 5.85. The number of carboxylic acid groups (broad SMARTS) is 1. The molecule has 1 rings (SSSR count). The van der Waals surface area contributed by atoms with E-state index >= 15 is 0 Å². The smallest absolute Gasteiger partial charge is 0.368 e. The molecular formula is C8H8O5. The second-order valence-corrected chi connectivity index (χ2v) is 1.98. The number of carboxylic acids is 1. The van der Waals surface area contributed by atoms with Crippen LogP contribution in [0.3, 0.4) is 0 Å². The first-order chi connectivity index (χ1) is 6.06. The fourth-order valence-electron chi connectivity index (χ4n) is 0.493. The molecule has 0 unspecified atom stereocenters. The van der Waals surface area contributed by atoms with Crippen molar-refractivity contribution in [3.63, 3.8) is 0 Å². The third kappa shape index (κ3) is 6.36. The highest BCUT2D eigenvalue weighted by Crippen LogP contribution is 2.14. The van der Waals surface area contributed by atoms with E-state index in [2.05, 4.69) is 0 Å². The molecule has 5 heteroatoms. The van der Waals surface area contributed by atoms with Crippen molar-refractivity contribution in [1.29, 1.82) is 0 Å². The topological polar surface area (TPSA) is 94.8 Å². The quantitative estimate of drug-likeness (QED) is 0.433. The fourth-order valence-corrected chi connectivity index (χ4v) is 0.493. The highest BCUT2D eigenvalue weighted by Gasteiger charge is 1.85. The van der Waals surface area contributed by atoms with E-state index < -0.39 is 5.97 Å². The molecule has 0 aliphatic rings. The summed E-state index contributed by atoms with van der Waals surface area (Å²) in [6.07, 6.45) is -0.167. The lowest BCUT2D eigenvalue weighted by molar-refractivity contribution is -0.143. The fraction of sp³-hybridized carbons (Fsp3) is 0. The van der Waals surface area contributed by atoms with E-state index in [9.17, 15) is 0 Å². The van der Waals surface area contributed by atoms with Gasteiger partial charge in [0, 0.05) is 6.07 Å². The van der Waals surface area contributed by atoms with Gasteiger partial charge in [-0.2, -0.15) is 0 Å². The second-order valence-electron chi connectivity index (χ2n) is 1.98. The third-order valence-corrected chi connectivity index (χ3v) is 0.931. The van der Waals surface area contributed by atoms with Crippen LogP contribution in [-0.2, 0) is 9.59 Å². The molecule has 0 amide bonds. The average molecular weight is 184 g/mol. The van der Waals surface area contributed by atoms with Gasteiger partial charge in [0.25, 0.3) is 0 Å². The van der Waals surface area contributed by atoms with Crippen LogP contribution in [0.5, 0.6) is 11.5 Å². The van der Waals surface area contributed by atoms with Gasteiger partial charge in [-0.1, -0.05) is 6.07 Å². The summed E-state index contributed by atoms with van der Waals surface area (Å²) in [6.45, 7) is 0. The Morgan fingerprint density at radius 3 is 1.77 bits per heavy atom. The van der Waals surface area contributed by atoms with Crippen LogP contribution < -0.4 is 0 Å². The van der Waals surface area contributed by atoms with Gasteiger partial charge in [0.2, 0.25) is 6.29 Å². The highest BCUT2D eigenvalue weighted by molar-refractivity contribution is 6.19. The lowest BCUT2D eigenvalue weighted by Gasteiger charge is -1.89. The number of aliphatic carboxylic acids is 1. The number of phenolic OH excluding ortho intramolecular Hbond substituents is 2. The lowest BCUT2D eigenvalue weighted by atomic mass is 10.3. The first-order valence-electron chi connectivity index (χ1n) is 3.22. The number of aldehydes is 1. The molecule has 1 aromatic rings. The molecule has 5 nitrogen and oxygen atoms in total. The van der Waals surface area contributed by atoms with E-state index in [4.69, 9.17) is 24.9 Å². The number of hydrogen-bond acceptors (Lipinski definition) is 4. The first-order valence-corrected chi connectivity index (χ1v) is 3.22. The van der Waals surface area contributed by atoms with Crippen LogP contribution in [0.25, 0.3) is 0 Å². The minimum Gasteiger partial charge on any atom is -0.508 e. The molecular weight excluding hydrogens is 176 g/mol. The zero-order valence-electron chi connectivity index (χ0n) is 6.54. The molecule has 1 aromatic carbocycles. The SMILES string of the molecule is O=CC(=O)O.Oc1cccc(O)c1. The zero-order chi connectivity index (χ0) is 10.3. The maximum Gasteiger partial charge on any atom is 0.368 e. The highest BCUT2D eigenvalue weighted by atomic mass is 16.4. The van der Waals surface area contributed by atoms with Crippen molar-refractivity contribution < 1.29 is 24.9 Å². The molecule has 0 aliphatic heterocycles. The Morgan fingerprint density at radius 2 is 1.62 bits per heavy atom. The molecule has 0 bridgehead atoms. The largest absolute Gasteiger partial charge is 0.508 e. The molecule has 70 valence electrons. The summed E-state index contributed by atoms with van der Waals surface area (Å²) in [5, 5.41) is 24.7. The van der Waals surface area contributed by atoms with E-state index in [0.29, 0.717) is 0 Å². The van der Waals surface area contributed by atoms with E-state index in [1.54, 1.807) is 6.07 Å².